The van der Waals surface area contributed by atoms with E-state index in [0.717, 1.165) is 31.7 Å². The van der Waals surface area contributed by atoms with Gasteiger partial charge in [0.15, 0.2) is 0 Å². The van der Waals surface area contributed by atoms with Crippen LogP contribution in [0.3, 0.4) is 0 Å². The van der Waals surface area contributed by atoms with Crippen LogP contribution in [0, 0.1) is 12.7 Å². The van der Waals surface area contributed by atoms with Crippen LogP contribution in [0.1, 0.15) is 24.4 Å². The zero-order valence-electron chi connectivity index (χ0n) is 17.7. The molecule has 1 aliphatic rings. The lowest BCUT2D eigenvalue weighted by Gasteiger charge is -2.36. The summed E-state index contributed by atoms with van der Waals surface area (Å²) in [5.74, 6) is 0.668. The summed E-state index contributed by atoms with van der Waals surface area (Å²) in [5.41, 5.74) is 2.59. The predicted molar refractivity (Wildman–Crippen MR) is 116 cm³/mol. The van der Waals surface area contributed by atoms with E-state index in [2.05, 4.69) is 32.2 Å². The molecule has 1 aliphatic heterocycles. The molecule has 1 N–H and O–H groups in total. The lowest BCUT2D eigenvalue weighted by molar-refractivity contribution is -0.117. The van der Waals surface area contributed by atoms with Crippen molar-refractivity contribution >= 4 is 11.6 Å². The number of benzene rings is 2. The number of rotatable bonds is 6. The largest absolute Gasteiger partial charge is 0.337 e. The van der Waals surface area contributed by atoms with Gasteiger partial charge in [-0.15, -0.1) is 0 Å². The molecule has 7 nitrogen and oxygen atoms in total. The molecule has 2 heterocycles. The maximum absolute atomic E-state index is 13.3. The van der Waals surface area contributed by atoms with Crippen molar-refractivity contribution in [3.05, 3.63) is 65.8 Å². The molecule has 3 aromatic rings. The molecule has 1 aromatic heterocycles. The smallest absolute Gasteiger partial charge is 0.244 e. The predicted octanol–water partition coefficient (Wildman–Crippen LogP) is 3.50. The van der Waals surface area contributed by atoms with Gasteiger partial charge in [0.2, 0.25) is 17.6 Å². The second kappa shape index (κ2) is 9.36. The lowest BCUT2D eigenvalue weighted by Crippen LogP contribution is -2.49. The van der Waals surface area contributed by atoms with Crippen molar-refractivity contribution in [3.8, 4) is 11.4 Å². The second-order valence-corrected chi connectivity index (χ2v) is 7.87. The number of aryl methyl sites for hydroxylation is 1. The summed E-state index contributed by atoms with van der Waals surface area (Å²) in [5, 5.41) is 6.87. The van der Waals surface area contributed by atoms with Crippen molar-refractivity contribution in [2.75, 3.05) is 38.0 Å². The van der Waals surface area contributed by atoms with E-state index in [1.54, 1.807) is 12.1 Å². The number of hydrogen-bond acceptors (Lipinski definition) is 6. The van der Waals surface area contributed by atoms with Crippen LogP contribution in [0.5, 0.6) is 0 Å². The van der Waals surface area contributed by atoms with Gasteiger partial charge in [-0.2, -0.15) is 4.98 Å². The van der Waals surface area contributed by atoms with Crippen molar-refractivity contribution < 1.29 is 13.7 Å². The average Bonchev–Trinajstić information content (AvgIpc) is 3.24. The van der Waals surface area contributed by atoms with Gasteiger partial charge in [0.1, 0.15) is 5.82 Å². The Balaban J connectivity index is 1.28. The first-order chi connectivity index (χ1) is 15.0. The molecule has 1 saturated heterocycles. The second-order valence-electron chi connectivity index (χ2n) is 7.87. The number of anilines is 1. The maximum atomic E-state index is 13.3. The number of carbonyl (C=O) groups is 1. The number of halogens is 1. The molecule has 8 heteroatoms. The minimum Gasteiger partial charge on any atom is -0.337 e. The van der Waals surface area contributed by atoms with E-state index in [1.165, 1.54) is 17.7 Å². The van der Waals surface area contributed by atoms with Crippen LogP contribution >= 0.6 is 0 Å². The highest BCUT2D eigenvalue weighted by molar-refractivity contribution is 5.92. The molecule has 1 amide bonds. The van der Waals surface area contributed by atoms with Crippen LogP contribution in [0.2, 0.25) is 0 Å². The van der Waals surface area contributed by atoms with Gasteiger partial charge in [-0.25, -0.2) is 4.39 Å². The Hall–Kier alpha value is -3.10. The van der Waals surface area contributed by atoms with Gasteiger partial charge in [-0.3, -0.25) is 14.6 Å². The zero-order valence-corrected chi connectivity index (χ0v) is 17.7. The normalized spacial score (nSPS) is 16.2. The Morgan fingerprint density at radius 1 is 1.16 bits per heavy atom. The fourth-order valence-electron chi connectivity index (χ4n) is 3.66. The lowest BCUT2D eigenvalue weighted by atomic mass is 10.1. The Morgan fingerprint density at radius 3 is 2.61 bits per heavy atom. The fourth-order valence-corrected chi connectivity index (χ4v) is 3.66. The highest BCUT2D eigenvalue weighted by Gasteiger charge is 2.26. The SMILES string of the molecule is Cc1ccc(-c2noc(C(C)N3CCN(CC(=O)Nc4cccc(F)c4)CC3)n2)cc1. The van der Waals surface area contributed by atoms with Crippen molar-refractivity contribution in [2.45, 2.75) is 19.9 Å². The van der Waals surface area contributed by atoms with Crippen molar-refractivity contribution in [2.24, 2.45) is 0 Å². The number of nitrogens with zero attached hydrogens (tertiary/aromatic N) is 4. The Labute approximate surface area is 180 Å². The van der Waals surface area contributed by atoms with Crippen LogP contribution in [0.4, 0.5) is 10.1 Å². The Morgan fingerprint density at radius 2 is 1.90 bits per heavy atom. The number of hydrogen-bond donors (Lipinski definition) is 1. The number of nitrogens with one attached hydrogen (secondary N) is 1. The van der Waals surface area contributed by atoms with Crippen LogP contribution in [0.15, 0.2) is 53.1 Å². The number of aromatic nitrogens is 2. The third kappa shape index (κ3) is 5.34. The van der Waals surface area contributed by atoms with Crippen LogP contribution in [-0.2, 0) is 4.79 Å². The van der Waals surface area contributed by atoms with Crippen LogP contribution < -0.4 is 5.32 Å². The standard InChI is InChI=1S/C23H26FN5O2/c1-16-6-8-18(9-7-16)22-26-23(31-27-22)17(2)29-12-10-28(11-13-29)15-21(30)25-20-5-3-4-19(24)14-20/h3-9,14,17H,10-13,15H2,1-2H3,(H,25,30). The molecule has 0 bridgehead atoms. The first-order valence-corrected chi connectivity index (χ1v) is 10.4. The van der Waals surface area contributed by atoms with Crippen molar-refractivity contribution in [1.82, 2.24) is 19.9 Å². The molecule has 2 aromatic carbocycles. The van der Waals surface area contributed by atoms with Crippen molar-refractivity contribution in [1.29, 1.82) is 0 Å². The van der Waals surface area contributed by atoms with E-state index in [1.807, 2.05) is 31.2 Å². The first kappa shape index (κ1) is 21.1. The van der Waals surface area contributed by atoms with E-state index in [9.17, 15) is 9.18 Å². The summed E-state index contributed by atoms with van der Waals surface area (Å²) >= 11 is 0. The summed E-state index contributed by atoms with van der Waals surface area (Å²) in [6, 6.07) is 13.9. The number of amides is 1. The molecule has 0 radical (unpaired) electrons. The molecule has 0 aliphatic carbocycles. The summed E-state index contributed by atoms with van der Waals surface area (Å²) in [7, 11) is 0. The highest BCUT2D eigenvalue weighted by Crippen LogP contribution is 2.23. The zero-order chi connectivity index (χ0) is 21.8. The van der Waals surface area contributed by atoms with Gasteiger partial charge in [0.05, 0.1) is 12.6 Å². The van der Waals surface area contributed by atoms with E-state index in [-0.39, 0.29) is 24.3 Å². The summed E-state index contributed by atoms with van der Waals surface area (Å²) in [6.07, 6.45) is 0. The third-order valence-electron chi connectivity index (χ3n) is 5.54. The first-order valence-electron chi connectivity index (χ1n) is 10.4. The quantitative estimate of drug-likeness (QED) is 0.654. The number of carbonyl (C=O) groups excluding carboxylic acids is 1. The minimum absolute atomic E-state index is 0.00466. The van der Waals surface area contributed by atoms with E-state index >= 15 is 0 Å². The third-order valence-corrected chi connectivity index (χ3v) is 5.54. The molecule has 162 valence electrons. The molecule has 1 unspecified atom stereocenters. The topological polar surface area (TPSA) is 74.5 Å². The minimum atomic E-state index is -0.369. The van der Waals surface area contributed by atoms with Crippen LogP contribution in [0.25, 0.3) is 11.4 Å². The van der Waals surface area contributed by atoms with Gasteiger partial charge in [-0.05, 0) is 32.0 Å². The molecule has 0 saturated carbocycles. The fraction of sp³-hybridized carbons (Fsp3) is 0.348. The van der Waals surface area contributed by atoms with Gasteiger partial charge in [-0.1, -0.05) is 41.1 Å². The molecule has 1 fully saturated rings. The summed E-state index contributed by atoms with van der Waals surface area (Å²) in [4.78, 5) is 21.2. The molecular weight excluding hydrogens is 397 g/mol. The highest BCUT2D eigenvalue weighted by atomic mass is 19.1. The van der Waals surface area contributed by atoms with E-state index < -0.39 is 0 Å². The molecule has 31 heavy (non-hydrogen) atoms. The summed E-state index contributed by atoms with van der Waals surface area (Å²) in [6.45, 7) is 7.45. The summed E-state index contributed by atoms with van der Waals surface area (Å²) < 4.78 is 18.8. The van der Waals surface area contributed by atoms with Gasteiger partial charge >= 0.3 is 0 Å². The number of piperazine rings is 1. The molecular formula is C23H26FN5O2. The molecule has 4 rings (SSSR count). The van der Waals surface area contributed by atoms with E-state index in [4.69, 9.17) is 4.52 Å². The molecule has 0 spiro atoms. The van der Waals surface area contributed by atoms with E-state index in [0.29, 0.717) is 17.4 Å². The van der Waals surface area contributed by atoms with Crippen molar-refractivity contribution in [3.63, 3.8) is 0 Å². The van der Waals surface area contributed by atoms with Crippen LogP contribution in [-0.4, -0.2) is 58.6 Å². The van der Waals surface area contributed by atoms with Gasteiger partial charge in [0, 0.05) is 37.4 Å². The van der Waals surface area contributed by atoms with Gasteiger partial charge in [0.25, 0.3) is 0 Å². The maximum Gasteiger partial charge on any atom is 0.244 e. The average molecular weight is 423 g/mol. The monoisotopic (exact) mass is 423 g/mol. The van der Waals surface area contributed by atoms with Gasteiger partial charge < -0.3 is 9.84 Å². The Kier molecular flexibility index (Phi) is 6.39. The molecule has 1 atom stereocenters. The Bertz CT molecular complexity index is 1030.